The lowest BCUT2D eigenvalue weighted by molar-refractivity contribution is 0.0709. The van der Waals surface area contributed by atoms with Crippen molar-refractivity contribution < 1.29 is 18.7 Å². The highest BCUT2D eigenvalue weighted by atomic mass is 19.1. The number of nitrogens with one attached hydrogen (secondary N) is 2. The van der Waals surface area contributed by atoms with Gasteiger partial charge in [0.15, 0.2) is 5.69 Å². The molecule has 8 nitrogen and oxygen atoms in total. The van der Waals surface area contributed by atoms with Crippen molar-refractivity contribution >= 4 is 22.9 Å². The first kappa shape index (κ1) is 18.9. The summed E-state index contributed by atoms with van der Waals surface area (Å²) in [6.07, 6.45) is 3.04. The zero-order valence-corrected chi connectivity index (χ0v) is 15.5. The molecule has 9 heteroatoms. The summed E-state index contributed by atoms with van der Waals surface area (Å²) in [6, 6.07) is 8.49. The van der Waals surface area contributed by atoms with Crippen LogP contribution in [0.5, 0.6) is 0 Å². The van der Waals surface area contributed by atoms with Crippen LogP contribution in [0.15, 0.2) is 36.5 Å². The van der Waals surface area contributed by atoms with Gasteiger partial charge in [-0.25, -0.2) is 9.78 Å². The van der Waals surface area contributed by atoms with Gasteiger partial charge < -0.3 is 15.8 Å². The molecule has 4 N–H and O–H groups in total. The van der Waals surface area contributed by atoms with Crippen molar-refractivity contribution in [1.29, 1.82) is 0 Å². The first-order valence-corrected chi connectivity index (χ1v) is 9.37. The smallest absolute Gasteiger partial charge is 0.404 e. The molecule has 0 bridgehead atoms. The molecule has 0 saturated heterocycles. The number of benzene rings is 1. The Morgan fingerprint density at radius 1 is 1.21 bits per heavy atom. The van der Waals surface area contributed by atoms with Gasteiger partial charge in [0.2, 0.25) is 5.95 Å². The van der Waals surface area contributed by atoms with Crippen molar-refractivity contribution in [3.63, 3.8) is 0 Å². The van der Waals surface area contributed by atoms with E-state index in [4.69, 9.17) is 10.5 Å². The molecule has 1 aliphatic rings. The number of ether oxygens (including phenoxy) is 1. The van der Waals surface area contributed by atoms with Crippen molar-refractivity contribution in [2.75, 3.05) is 0 Å². The molecular weight excluding hydrogens is 377 g/mol. The molecule has 2 amide bonds. The molecule has 1 aromatic carbocycles. The monoisotopic (exact) mass is 397 g/mol. The second kappa shape index (κ2) is 7.86. The van der Waals surface area contributed by atoms with Gasteiger partial charge in [-0.05, 0) is 55.5 Å². The normalized spacial score (nSPS) is 19.1. The van der Waals surface area contributed by atoms with Crippen LogP contribution in [0.25, 0.3) is 22.0 Å². The lowest BCUT2D eigenvalue weighted by Crippen LogP contribution is -2.40. The van der Waals surface area contributed by atoms with Crippen LogP contribution < -0.4 is 11.1 Å². The summed E-state index contributed by atoms with van der Waals surface area (Å²) < 4.78 is 19.0. The minimum absolute atomic E-state index is 0.0408. The van der Waals surface area contributed by atoms with Crippen LogP contribution in [-0.2, 0) is 4.74 Å². The molecule has 2 aromatic heterocycles. The van der Waals surface area contributed by atoms with E-state index in [0.717, 1.165) is 0 Å². The molecule has 1 fully saturated rings. The van der Waals surface area contributed by atoms with Gasteiger partial charge in [-0.15, -0.1) is 0 Å². The van der Waals surface area contributed by atoms with Crippen LogP contribution in [0.1, 0.15) is 36.2 Å². The third-order valence-corrected chi connectivity index (χ3v) is 5.14. The molecule has 4 rings (SSSR count). The fraction of sp³-hybridized carbons (Fsp3) is 0.300. The van der Waals surface area contributed by atoms with Crippen LogP contribution in [0.2, 0.25) is 0 Å². The van der Waals surface area contributed by atoms with Gasteiger partial charge in [-0.2, -0.15) is 9.49 Å². The fourth-order valence-electron chi connectivity index (χ4n) is 3.70. The summed E-state index contributed by atoms with van der Waals surface area (Å²) in [5.41, 5.74) is 6.95. The van der Waals surface area contributed by atoms with Crippen LogP contribution >= 0.6 is 0 Å². The van der Waals surface area contributed by atoms with Crippen molar-refractivity contribution in [1.82, 2.24) is 20.5 Å². The third kappa shape index (κ3) is 4.03. The minimum atomic E-state index is -0.777. The Hall–Kier alpha value is -3.49. The van der Waals surface area contributed by atoms with Crippen molar-refractivity contribution in [2.45, 2.75) is 37.8 Å². The Kier molecular flexibility index (Phi) is 5.11. The van der Waals surface area contributed by atoms with E-state index in [1.807, 2.05) is 0 Å². The number of halogens is 1. The first-order valence-electron chi connectivity index (χ1n) is 9.37. The molecule has 29 heavy (non-hydrogen) atoms. The largest absolute Gasteiger partial charge is 0.446 e. The van der Waals surface area contributed by atoms with E-state index in [2.05, 4.69) is 20.5 Å². The molecule has 0 atom stereocenters. The maximum Gasteiger partial charge on any atom is 0.404 e. The maximum atomic E-state index is 14.0. The number of hydrogen-bond acceptors (Lipinski definition) is 5. The van der Waals surface area contributed by atoms with E-state index in [1.54, 1.807) is 30.3 Å². The number of rotatable bonds is 4. The van der Waals surface area contributed by atoms with Crippen LogP contribution in [-0.4, -0.2) is 39.3 Å². The predicted octanol–water partition coefficient (Wildman–Crippen LogP) is 2.90. The average Bonchev–Trinajstić information content (AvgIpc) is 3.13. The molecule has 0 radical (unpaired) electrons. The number of pyridine rings is 1. The zero-order valence-electron chi connectivity index (χ0n) is 15.5. The van der Waals surface area contributed by atoms with Crippen LogP contribution in [0, 0.1) is 5.95 Å². The summed E-state index contributed by atoms with van der Waals surface area (Å²) in [4.78, 5) is 27.3. The SMILES string of the molecule is NC(=O)O[C@H]1CC[C@@H](NC(=O)c2n[nH]c3ccc(-c4cccnc4F)cc23)CC1. The fourth-order valence-corrected chi connectivity index (χ4v) is 3.70. The van der Waals surface area contributed by atoms with E-state index >= 15 is 0 Å². The molecule has 1 aliphatic carbocycles. The zero-order chi connectivity index (χ0) is 20.4. The van der Waals surface area contributed by atoms with Crippen LogP contribution in [0.4, 0.5) is 9.18 Å². The maximum absolute atomic E-state index is 14.0. The number of carbonyl (C=O) groups excluding carboxylic acids is 2. The van der Waals surface area contributed by atoms with Crippen molar-refractivity contribution in [3.05, 3.63) is 48.2 Å². The quantitative estimate of drug-likeness (QED) is 0.584. The average molecular weight is 397 g/mol. The topological polar surface area (TPSA) is 123 Å². The molecule has 0 aliphatic heterocycles. The highest BCUT2D eigenvalue weighted by Gasteiger charge is 2.26. The van der Waals surface area contributed by atoms with E-state index in [9.17, 15) is 14.0 Å². The number of aromatic amines is 1. The Labute approximate surface area is 165 Å². The highest BCUT2D eigenvalue weighted by Crippen LogP contribution is 2.27. The Morgan fingerprint density at radius 3 is 2.72 bits per heavy atom. The van der Waals surface area contributed by atoms with E-state index in [-0.39, 0.29) is 23.7 Å². The van der Waals surface area contributed by atoms with Gasteiger partial charge in [0, 0.05) is 23.2 Å². The van der Waals surface area contributed by atoms with Gasteiger partial charge in [0.25, 0.3) is 5.91 Å². The number of fused-ring (bicyclic) bond motifs is 1. The van der Waals surface area contributed by atoms with E-state index < -0.39 is 12.0 Å². The summed E-state index contributed by atoms with van der Waals surface area (Å²) in [5, 5.41) is 10.6. The van der Waals surface area contributed by atoms with E-state index in [0.29, 0.717) is 47.7 Å². The minimum Gasteiger partial charge on any atom is -0.446 e. The van der Waals surface area contributed by atoms with Crippen molar-refractivity contribution in [2.24, 2.45) is 5.73 Å². The Morgan fingerprint density at radius 2 is 2.00 bits per heavy atom. The molecular formula is C20H20FN5O3. The Balaban J connectivity index is 1.51. The summed E-state index contributed by atoms with van der Waals surface area (Å²) in [7, 11) is 0. The van der Waals surface area contributed by atoms with Crippen LogP contribution in [0.3, 0.4) is 0 Å². The standard InChI is InChI=1S/C20H20FN5O3/c21-18-14(2-1-9-23-18)11-3-8-16-15(10-11)17(26-25-16)19(27)24-12-4-6-13(7-5-12)29-20(22)28/h1-3,8-10,12-13H,4-7H2,(H2,22,28)(H,24,27)(H,25,26)/t12-,13+. The van der Waals surface area contributed by atoms with Gasteiger partial charge in [0.05, 0.1) is 5.52 Å². The summed E-state index contributed by atoms with van der Waals surface area (Å²) in [6.45, 7) is 0. The number of nitrogens with zero attached hydrogens (tertiary/aromatic N) is 2. The second-order valence-electron chi connectivity index (χ2n) is 7.06. The van der Waals surface area contributed by atoms with Gasteiger partial charge >= 0.3 is 6.09 Å². The molecule has 150 valence electrons. The van der Waals surface area contributed by atoms with Gasteiger partial charge in [0.1, 0.15) is 6.10 Å². The lowest BCUT2D eigenvalue weighted by atomic mass is 9.93. The number of primary amides is 1. The number of carbonyl (C=O) groups is 2. The Bertz CT molecular complexity index is 1060. The molecule has 0 unspecified atom stereocenters. The third-order valence-electron chi connectivity index (χ3n) is 5.14. The molecule has 2 heterocycles. The number of nitrogens with two attached hydrogens (primary N) is 1. The molecule has 0 spiro atoms. The second-order valence-corrected chi connectivity index (χ2v) is 7.06. The number of amides is 2. The first-order chi connectivity index (χ1) is 14.0. The summed E-state index contributed by atoms with van der Waals surface area (Å²) >= 11 is 0. The molecule has 1 saturated carbocycles. The molecule has 3 aromatic rings. The number of hydrogen-bond donors (Lipinski definition) is 3. The van der Waals surface area contributed by atoms with E-state index in [1.165, 1.54) is 6.20 Å². The van der Waals surface area contributed by atoms with Crippen molar-refractivity contribution in [3.8, 4) is 11.1 Å². The number of aromatic nitrogens is 3. The number of H-pyrrole nitrogens is 1. The summed E-state index contributed by atoms with van der Waals surface area (Å²) in [5.74, 6) is -0.879. The predicted molar refractivity (Wildman–Crippen MR) is 103 cm³/mol. The lowest BCUT2D eigenvalue weighted by Gasteiger charge is -2.28. The van der Waals surface area contributed by atoms with Gasteiger partial charge in [-0.3, -0.25) is 9.89 Å². The van der Waals surface area contributed by atoms with Gasteiger partial charge in [-0.1, -0.05) is 6.07 Å². The highest BCUT2D eigenvalue weighted by molar-refractivity contribution is 6.05.